The molecule has 0 aliphatic rings. The normalized spacial score (nSPS) is 16.6. The Bertz CT molecular complexity index is 305. The summed E-state index contributed by atoms with van der Waals surface area (Å²) >= 11 is 0. The zero-order valence-corrected chi connectivity index (χ0v) is 11.7. The minimum absolute atomic E-state index is 0.265. The van der Waals surface area contributed by atoms with Gasteiger partial charge in [-0.1, -0.05) is 68.9 Å². The second-order valence-corrected chi connectivity index (χ2v) is 5.38. The maximum absolute atomic E-state index is 3.71. The molecule has 0 nitrogen and oxygen atoms in total. The Morgan fingerprint density at radius 3 is 2.12 bits per heavy atom. The smallest absolute Gasteiger partial charge is 0.00257 e. The van der Waals surface area contributed by atoms with Gasteiger partial charge in [-0.3, -0.25) is 0 Å². The van der Waals surface area contributed by atoms with Gasteiger partial charge in [0.2, 0.25) is 0 Å². The highest BCUT2D eigenvalue weighted by Gasteiger charge is 2.22. The van der Waals surface area contributed by atoms with Gasteiger partial charge in [0, 0.05) is 5.92 Å². The van der Waals surface area contributed by atoms with Gasteiger partial charge in [0.1, 0.15) is 0 Å². The van der Waals surface area contributed by atoms with Gasteiger partial charge >= 0.3 is 0 Å². The monoisotopic (exact) mass is 218 g/mol. The van der Waals surface area contributed by atoms with Gasteiger partial charge < -0.3 is 0 Å². The van der Waals surface area contributed by atoms with Crippen LogP contribution in [-0.4, -0.2) is 0 Å². The van der Waals surface area contributed by atoms with E-state index < -0.39 is 0 Å². The van der Waals surface area contributed by atoms with Gasteiger partial charge in [0.15, 0.2) is 0 Å². The summed E-state index contributed by atoms with van der Waals surface area (Å²) < 4.78 is 0. The molecule has 0 aliphatic heterocycles. The van der Waals surface area contributed by atoms with E-state index in [4.69, 9.17) is 0 Å². The first kappa shape index (κ1) is 15.0. The summed E-state index contributed by atoms with van der Waals surface area (Å²) in [4.78, 5) is 0. The summed E-state index contributed by atoms with van der Waals surface area (Å²) in [5.41, 5.74) is 2.94. The molecule has 1 atom stereocenters. The van der Waals surface area contributed by atoms with Crippen molar-refractivity contribution in [3.05, 3.63) is 48.1 Å². The molecule has 0 aromatic carbocycles. The molecule has 0 heterocycles. The highest BCUT2D eigenvalue weighted by atomic mass is 14.3. The Morgan fingerprint density at radius 1 is 1.19 bits per heavy atom. The number of allylic oxidation sites excluding steroid dienone is 7. The lowest BCUT2D eigenvalue weighted by Crippen LogP contribution is -2.19. The molecular formula is C16H26. The third kappa shape index (κ3) is 5.16. The van der Waals surface area contributed by atoms with E-state index >= 15 is 0 Å². The Labute approximate surface area is 101 Å². The molecule has 0 saturated heterocycles. The van der Waals surface area contributed by atoms with Crippen LogP contribution in [0.15, 0.2) is 48.1 Å². The maximum Gasteiger partial charge on any atom is 0.00257 e. The van der Waals surface area contributed by atoms with Crippen LogP contribution in [0.25, 0.3) is 0 Å². The van der Waals surface area contributed by atoms with Crippen LogP contribution < -0.4 is 0 Å². The molecule has 0 radical (unpaired) electrons. The van der Waals surface area contributed by atoms with Crippen LogP contribution in [0.5, 0.6) is 0 Å². The highest BCUT2D eigenvalue weighted by molar-refractivity contribution is 5.24. The van der Waals surface area contributed by atoms with Crippen molar-refractivity contribution in [1.29, 1.82) is 0 Å². The summed E-state index contributed by atoms with van der Waals surface area (Å²) in [5.74, 6) is 0.491. The lowest BCUT2D eigenvalue weighted by Gasteiger charge is -2.29. The molecule has 0 aliphatic carbocycles. The minimum Gasteiger partial charge on any atom is -0.0991 e. The Morgan fingerprint density at radius 2 is 1.75 bits per heavy atom. The van der Waals surface area contributed by atoms with Gasteiger partial charge in [-0.2, -0.15) is 0 Å². The van der Waals surface area contributed by atoms with Crippen molar-refractivity contribution in [1.82, 2.24) is 0 Å². The molecule has 90 valence electrons. The molecule has 0 fully saturated rings. The van der Waals surface area contributed by atoms with E-state index in [0.29, 0.717) is 5.92 Å². The topological polar surface area (TPSA) is 0 Å². The van der Waals surface area contributed by atoms with Crippen molar-refractivity contribution < 1.29 is 0 Å². The zero-order chi connectivity index (χ0) is 12.8. The zero-order valence-electron chi connectivity index (χ0n) is 11.7. The van der Waals surface area contributed by atoms with Crippen LogP contribution in [0.1, 0.15) is 41.5 Å². The van der Waals surface area contributed by atoms with Gasteiger partial charge in [-0.15, -0.1) is 0 Å². The molecule has 0 aromatic heterocycles. The van der Waals surface area contributed by atoms with E-state index in [9.17, 15) is 0 Å². The van der Waals surface area contributed by atoms with Crippen molar-refractivity contribution in [3.63, 3.8) is 0 Å². The molecule has 0 N–H and O–H groups in total. The van der Waals surface area contributed by atoms with E-state index in [2.05, 4.69) is 66.3 Å². The summed E-state index contributed by atoms with van der Waals surface area (Å²) in [6.07, 6.45) is 10.5. The van der Waals surface area contributed by atoms with Crippen LogP contribution in [-0.2, 0) is 0 Å². The standard InChI is InChI=1S/C16H26/c1-8-10-13(3)11-12-15(14(4)9-2)16(5,6)7/h8-12,15H,1H2,2-7H3/b12-11+,13-10+,14-9-. The SMILES string of the molecule is C=C/C=C(C)/C=C/C(/C(C)=C\C)C(C)(C)C. The van der Waals surface area contributed by atoms with Crippen molar-refractivity contribution >= 4 is 0 Å². The van der Waals surface area contributed by atoms with E-state index in [0.717, 1.165) is 0 Å². The molecule has 0 bridgehead atoms. The van der Waals surface area contributed by atoms with Gasteiger partial charge in [-0.25, -0.2) is 0 Å². The van der Waals surface area contributed by atoms with Crippen molar-refractivity contribution in [2.45, 2.75) is 41.5 Å². The fraction of sp³-hybridized carbons (Fsp3) is 0.500. The van der Waals surface area contributed by atoms with E-state index in [-0.39, 0.29) is 5.41 Å². The highest BCUT2D eigenvalue weighted by Crippen LogP contribution is 2.33. The van der Waals surface area contributed by atoms with Crippen LogP contribution in [0.4, 0.5) is 0 Å². The van der Waals surface area contributed by atoms with Crippen LogP contribution in [0, 0.1) is 11.3 Å². The molecule has 0 heteroatoms. The maximum atomic E-state index is 3.71. The van der Waals surface area contributed by atoms with Crippen molar-refractivity contribution in [2.75, 3.05) is 0 Å². The molecule has 0 spiro atoms. The molecule has 0 rings (SSSR count). The predicted octanol–water partition coefficient (Wildman–Crippen LogP) is 5.30. The molecule has 0 aromatic rings. The van der Waals surface area contributed by atoms with Gasteiger partial charge in [0.25, 0.3) is 0 Å². The fourth-order valence-electron chi connectivity index (χ4n) is 1.79. The minimum atomic E-state index is 0.265. The first-order valence-corrected chi connectivity index (χ1v) is 5.93. The number of hydrogen-bond donors (Lipinski definition) is 0. The van der Waals surface area contributed by atoms with Crippen LogP contribution in [0.2, 0.25) is 0 Å². The molecule has 0 saturated carbocycles. The average molecular weight is 218 g/mol. The first-order chi connectivity index (χ1) is 7.32. The second-order valence-electron chi connectivity index (χ2n) is 5.38. The third-order valence-corrected chi connectivity index (χ3v) is 2.81. The largest absolute Gasteiger partial charge is 0.0991 e. The van der Waals surface area contributed by atoms with E-state index in [1.54, 1.807) is 0 Å². The second kappa shape index (κ2) is 6.52. The Hall–Kier alpha value is -1.04. The average Bonchev–Trinajstić information content (AvgIpc) is 2.16. The lowest BCUT2D eigenvalue weighted by molar-refractivity contribution is 0.330. The third-order valence-electron chi connectivity index (χ3n) is 2.81. The van der Waals surface area contributed by atoms with Gasteiger partial charge in [-0.05, 0) is 26.2 Å². The predicted molar refractivity (Wildman–Crippen MR) is 75.5 cm³/mol. The summed E-state index contributed by atoms with van der Waals surface area (Å²) in [5, 5.41) is 0. The summed E-state index contributed by atoms with van der Waals surface area (Å²) in [6.45, 7) is 17.0. The first-order valence-electron chi connectivity index (χ1n) is 5.93. The lowest BCUT2D eigenvalue weighted by atomic mass is 9.76. The molecule has 0 amide bonds. The number of hydrogen-bond acceptors (Lipinski definition) is 0. The van der Waals surface area contributed by atoms with E-state index in [1.807, 2.05) is 12.2 Å². The van der Waals surface area contributed by atoms with Gasteiger partial charge in [0.05, 0.1) is 0 Å². The molecule has 1 unspecified atom stereocenters. The number of rotatable bonds is 4. The Kier molecular flexibility index (Phi) is 6.10. The van der Waals surface area contributed by atoms with Crippen LogP contribution in [0.3, 0.4) is 0 Å². The van der Waals surface area contributed by atoms with E-state index in [1.165, 1.54) is 11.1 Å². The van der Waals surface area contributed by atoms with Crippen LogP contribution >= 0.6 is 0 Å². The fourth-order valence-corrected chi connectivity index (χ4v) is 1.79. The summed E-state index contributed by atoms with van der Waals surface area (Å²) in [7, 11) is 0. The molecular weight excluding hydrogens is 192 g/mol. The van der Waals surface area contributed by atoms with Crippen molar-refractivity contribution in [2.24, 2.45) is 11.3 Å². The van der Waals surface area contributed by atoms with Crippen molar-refractivity contribution in [3.8, 4) is 0 Å². The summed E-state index contributed by atoms with van der Waals surface area (Å²) in [6, 6.07) is 0. The Balaban J connectivity index is 4.97. The quantitative estimate of drug-likeness (QED) is 0.443. The molecule has 16 heavy (non-hydrogen) atoms.